The Morgan fingerprint density at radius 3 is 2.58 bits per heavy atom. The Hall–Kier alpha value is -2.84. The van der Waals surface area contributed by atoms with Crippen molar-refractivity contribution in [3.05, 3.63) is 50.7 Å². The highest BCUT2D eigenvalue weighted by Crippen LogP contribution is 2.53. The molecule has 0 spiro atoms. The molecule has 0 aliphatic carbocycles. The molecule has 3 aromatic rings. The first-order valence-electron chi connectivity index (χ1n) is 11.4. The van der Waals surface area contributed by atoms with Crippen LogP contribution in [0.3, 0.4) is 0 Å². The second-order valence-corrected chi connectivity index (χ2v) is 11.4. The van der Waals surface area contributed by atoms with Crippen LogP contribution in [-0.2, 0) is 6.54 Å². The van der Waals surface area contributed by atoms with E-state index in [4.69, 9.17) is 11.6 Å². The summed E-state index contributed by atoms with van der Waals surface area (Å²) in [5.74, 6) is -1.48. The lowest BCUT2D eigenvalue weighted by molar-refractivity contribution is 0.0686. The van der Waals surface area contributed by atoms with Crippen LogP contribution in [0.1, 0.15) is 35.9 Å². The van der Waals surface area contributed by atoms with Gasteiger partial charge >= 0.3 is 0 Å². The van der Waals surface area contributed by atoms with E-state index in [1.165, 1.54) is 26.8 Å². The Morgan fingerprint density at radius 1 is 1.25 bits per heavy atom. The number of benzene rings is 1. The van der Waals surface area contributed by atoms with Gasteiger partial charge in [-0.2, -0.15) is 4.31 Å². The molecule has 1 atom stereocenters. The molecule has 2 aliphatic rings. The van der Waals surface area contributed by atoms with Crippen LogP contribution in [0, 0.1) is 5.82 Å². The van der Waals surface area contributed by atoms with Crippen molar-refractivity contribution >= 4 is 45.2 Å². The van der Waals surface area contributed by atoms with Crippen LogP contribution in [0.5, 0.6) is 5.75 Å². The molecule has 2 aliphatic heterocycles. The van der Waals surface area contributed by atoms with Gasteiger partial charge in [0.05, 0.1) is 18.1 Å². The minimum Gasteiger partial charge on any atom is -0.505 e. The van der Waals surface area contributed by atoms with Gasteiger partial charge in [0.25, 0.3) is 11.5 Å². The fourth-order valence-corrected chi connectivity index (χ4v) is 6.39. The molecule has 0 bridgehead atoms. The number of aromatic hydroxyl groups is 1. The molecule has 194 valence electrons. The number of fused-ring (bicyclic) bond motifs is 3. The Balaban J connectivity index is 1.81. The fraction of sp³-hybridized carbons (Fsp3) is 0.409. The molecule has 2 aromatic heterocycles. The van der Waals surface area contributed by atoms with Crippen LogP contribution in [0.25, 0.3) is 10.9 Å². The van der Waals surface area contributed by atoms with E-state index in [0.717, 1.165) is 4.68 Å². The first kappa shape index (κ1) is 24.8. The number of likely N-dealkylation sites (N-methyl/N-ethyl adjacent to an activating group) is 2. The van der Waals surface area contributed by atoms with Crippen LogP contribution in [0.15, 0.2) is 23.0 Å². The zero-order chi connectivity index (χ0) is 26.1. The maximum atomic E-state index is 13.7. The monoisotopic (exact) mass is 540 g/mol. The molecule has 14 heteroatoms. The summed E-state index contributed by atoms with van der Waals surface area (Å²) in [5, 5.41) is 15.4. The van der Waals surface area contributed by atoms with E-state index >= 15 is 0 Å². The fourth-order valence-electron chi connectivity index (χ4n) is 4.84. The number of hydrogen-bond donors (Lipinski definition) is 3. The Labute approximate surface area is 212 Å². The lowest BCUT2D eigenvalue weighted by Gasteiger charge is -2.41. The number of carbonyl (C=O) groups is 1. The molecule has 1 fully saturated rings. The number of hydrogen-bond acceptors (Lipinski definition) is 8. The van der Waals surface area contributed by atoms with Crippen molar-refractivity contribution in [2.45, 2.75) is 26.4 Å². The van der Waals surface area contributed by atoms with E-state index in [9.17, 15) is 28.2 Å². The molecule has 1 aromatic carbocycles. The van der Waals surface area contributed by atoms with Crippen molar-refractivity contribution in [2.75, 3.05) is 37.5 Å². The molecule has 3 N–H and O–H groups in total. The largest absolute Gasteiger partial charge is 0.505 e. The smallest absolute Gasteiger partial charge is 0.280 e. The predicted octanol–water partition coefficient (Wildman–Crippen LogP) is 3.11. The van der Waals surface area contributed by atoms with Crippen molar-refractivity contribution < 1.29 is 23.4 Å². The van der Waals surface area contributed by atoms with Crippen molar-refractivity contribution in [3.8, 4) is 5.75 Å². The molecule has 1 saturated heterocycles. The highest BCUT2D eigenvalue weighted by atomic mass is 35.5. The van der Waals surface area contributed by atoms with E-state index in [-0.39, 0.29) is 46.6 Å². The summed E-state index contributed by atoms with van der Waals surface area (Å²) >= 11 is 5.91. The van der Waals surface area contributed by atoms with Gasteiger partial charge in [-0.05, 0) is 42.5 Å². The molecular formula is C22H26ClFN6O5S. The summed E-state index contributed by atoms with van der Waals surface area (Å²) in [6.07, 6.45) is 0. The molecule has 0 radical (unpaired) electrons. The maximum Gasteiger partial charge on any atom is 0.280 e. The molecule has 1 unspecified atom stereocenters. The Kier molecular flexibility index (Phi) is 5.95. The van der Waals surface area contributed by atoms with Crippen molar-refractivity contribution in [3.63, 3.8) is 0 Å². The van der Waals surface area contributed by atoms with Crippen LogP contribution < -0.4 is 9.86 Å². The predicted molar refractivity (Wildman–Crippen MR) is 135 cm³/mol. The third-order valence-corrected chi connectivity index (χ3v) is 8.99. The van der Waals surface area contributed by atoms with E-state index in [0.29, 0.717) is 25.2 Å². The van der Waals surface area contributed by atoms with Gasteiger partial charge in [0.2, 0.25) is 0 Å². The summed E-state index contributed by atoms with van der Waals surface area (Å²) < 4.78 is 40.8. The van der Waals surface area contributed by atoms with Gasteiger partial charge in [-0.25, -0.2) is 13.4 Å². The van der Waals surface area contributed by atoms with Gasteiger partial charge in [-0.3, -0.25) is 18.7 Å². The van der Waals surface area contributed by atoms with Crippen LogP contribution >= 0.6 is 22.6 Å². The second kappa shape index (κ2) is 8.63. The Morgan fingerprint density at radius 2 is 1.97 bits per heavy atom. The summed E-state index contributed by atoms with van der Waals surface area (Å²) in [6, 6.07) is 3.66. The number of aromatic nitrogens is 3. The van der Waals surface area contributed by atoms with Gasteiger partial charge in [0.15, 0.2) is 17.3 Å². The zero-order valence-electron chi connectivity index (χ0n) is 19.9. The SMILES string of the molecule is CCN1CC(C)n2c(c(O)c3c(=O)n(Cc4ccc(F)c(Cl)c4)nc(N4CCN(C)S4(O)O)c32)C1=O. The average molecular weight is 541 g/mol. The molecule has 0 saturated carbocycles. The molecule has 11 nitrogen and oxygen atoms in total. The molecular weight excluding hydrogens is 515 g/mol. The standard InChI is InChI=1S/C22H26ClFN6O5S/c1-4-27-10-12(2)30-17-16(19(31)18(30)22(27)33)21(32)28(11-13-5-6-15(24)14(23)9-13)25-20(17)29-8-7-26(3)36(29,34)35/h5-6,9,12,31,34-35H,4,7-8,10-11H2,1-3H3. The van der Waals surface area contributed by atoms with E-state index in [2.05, 4.69) is 5.10 Å². The topological polar surface area (TPSA) is 127 Å². The van der Waals surface area contributed by atoms with Crippen molar-refractivity contribution in [1.82, 2.24) is 23.6 Å². The number of nitrogens with zero attached hydrogens (tertiary/aromatic N) is 6. The summed E-state index contributed by atoms with van der Waals surface area (Å²) in [5.41, 5.74) is -0.0951. The third kappa shape index (κ3) is 3.57. The molecule has 5 rings (SSSR count). The third-order valence-electron chi connectivity index (χ3n) is 6.74. The number of halogens is 2. The van der Waals surface area contributed by atoms with Crippen molar-refractivity contribution in [1.29, 1.82) is 0 Å². The minimum absolute atomic E-state index is 0.0441. The quantitative estimate of drug-likeness (QED) is 0.460. The highest BCUT2D eigenvalue weighted by Gasteiger charge is 2.42. The zero-order valence-corrected chi connectivity index (χ0v) is 21.4. The van der Waals surface area contributed by atoms with E-state index < -0.39 is 34.0 Å². The Bertz CT molecular complexity index is 1460. The molecule has 36 heavy (non-hydrogen) atoms. The number of rotatable bonds is 4. The van der Waals surface area contributed by atoms with Gasteiger partial charge in [0.1, 0.15) is 16.7 Å². The number of anilines is 1. The normalized spacial score (nSPS) is 20.9. The highest BCUT2D eigenvalue weighted by molar-refractivity contribution is 8.23. The van der Waals surface area contributed by atoms with Gasteiger partial charge in [-0.1, -0.05) is 17.7 Å². The molecule has 4 heterocycles. The number of carbonyl (C=O) groups excluding carboxylic acids is 1. The minimum atomic E-state index is -3.46. The first-order chi connectivity index (χ1) is 17.0. The second-order valence-electron chi connectivity index (χ2n) is 8.96. The first-order valence-corrected chi connectivity index (χ1v) is 13.2. The number of amides is 1. The van der Waals surface area contributed by atoms with Crippen LogP contribution in [0.2, 0.25) is 5.02 Å². The van der Waals surface area contributed by atoms with Gasteiger partial charge < -0.3 is 14.6 Å². The lowest BCUT2D eigenvalue weighted by Crippen LogP contribution is -2.42. The maximum absolute atomic E-state index is 13.7. The summed E-state index contributed by atoms with van der Waals surface area (Å²) in [4.78, 5) is 28.4. The average Bonchev–Trinajstić information content (AvgIpc) is 3.29. The van der Waals surface area contributed by atoms with E-state index in [1.54, 1.807) is 16.5 Å². The van der Waals surface area contributed by atoms with Crippen molar-refractivity contribution in [2.24, 2.45) is 0 Å². The van der Waals surface area contributed by atoms with Gasteiger partial charge in [-0.15, -0.1) is 5.10 Å². The van der Waals surface area contributed by atoms with Gasteiger partial charge in [0, 0.05) is 32.7 Å². The van der Waals surface area contributed by atoms with E-state index in [1.807, 2.05) is 13.8 Å². The lowest BCUT2D eigenvalue weighted by atomic mass is 10.2. The van der Waals surface area contributed by atoms with Crippen LogP contribution in [0.4, 0.5) is 10.2 Å². The summed E-state index contributed by atoms with van der Waals surface area (Å²) in [6.45, 7) is 4.81. The van der Waals surface area contributed by atoms with Crippen LogP contribution in [-0.4, -0.2) is 76.9 Å². The molecule has 1 amide bonds. The summed E-state index contributed by atoms with van der Waals surface area (Å²) in [7, 11) is -1.91.